The molecule has 32 heavy (non-hydrogen) atoms. The van der Waals surface area contributed by atoms with Crippen molar-refractivity contribution in [3.8, 4) is 11.8 Å². The first-order valence-corrected chi connectivity index (χ1v) is 11.0. The zero-order valence-electron chi connectivity index (χ0n) is 18.8. The average Bonchev–Trinajstić information content (AvgIpc) is 3.03. The lowest BCUT2D eigenvalue weighted by Crippen LogP contribution is -2.35. The highest BCUT2D eigenvalue weighted by atomic mass is 16.2. The van der Waals surface area contributed by atoms with E-state index in [9.17, 15) is 4.79 Å². The SMILES string of the molecule is Cc1nc(C(=O)N2CCCN(c3ccc(C#N)cc3)CC2)nn1-c1ccccc1C(C)C. The highest BCUT2D eigenvalue weighted by Gasteiger charge is 2.25. The number of carbonyl (C=O) groups is 1. The van der Waals surface area contributed by atoms with Crippen molar-refractivity contribution < 1.29 is 4.79 Å². The fourth-order valence-corrected chi connectivity index (χ4v) is 4.14. The zero-order valence-corrected chi connectivity index (χ0v) is 18.8. The van der Waals surface area contributed by atoms with E-state index in [0.717, 1.165) is 30.9 Å². The van der Waals surface area contributed by atoms with Gasteiger partial charge in [0, 0.05) is 31.9 Å². The molecule has 164 valence electrons. The predicted octanol–water partition coefficient (Wildman–Crippen LogP) is 3.92. The number of hydrogen-bond donors (Lipinski definition) is 0. The van der Waals surface area contributed by atoms with Gasteiger partial charge in [-0.25, -0.2) is 9.67 Å². The third-order valence-corrected chi connectivity index (χ3v) is 5.89. The van der Waals surface area contributed by atoms with Crippen LogP contribution < -0.4 is 4.90 Å². The lowest BCUT2D eigenvalue weighted by atomic mass is 10.0. The smallest absolute Gasteiger partial charge is 0.293 e. The summed E-state index contributed by atoms with van der Waals surface area (Å²) in [6.07, 6.45) is 0.863. The highest BCUT2D eigenvalue weighted by Crippen LogP contribution is 2.23. The van der Waals surface area contributed by atoms with E-state index in [4.69, 9.17) is 5.26 Å². The van der Waals surface area contributed by atoms with Crippen LogP contribution in [0.3, 0.4) is 0 Å². The van der Waals surface area contributed by atoms with E-state index in [1.807, 2.05) is 54.3 Å². The van der Waals surface area contributed by atoms with Gasteiger partial charge in [-0.05, 0) is 55.2 Å². The Kier molecular flexibility index (Phi) is 6.22. The standard InChI is InChI=1S/C25H28N6O/c1-18(2)22-7-4-5-8-23(22)31-19(3)27-24(28-31)25(32)30-14-6-13-29(15-16-30)21-11-9-20(17-26)10-12-21/h4-5,7-12,18H,6,13-16H2,1-3H3. The second-order valence-electron chi connectivity index (χ2n) is 8.40. The molecule has 1 aliphatic heterocycles. The Morgan fingerprint density at radius 3 is 2.50 bits per heavy atom. The van der Waals surface area contributed by atoms with Crippen molar-refractivity contribution in [2.45, 2.75) is 33.1 Å². The van der Waals surface area contributed by atoms with Gasteiger partial charge in [-0.1, -0.05) is 32.0 Å². The predicted molar refractivity (Wildman–Crippen MR) is 124 cm³/mol. The summed E-state index contributed by atoms with van der Waals surface area (Å²) in [5, 5.41) is 13.6. The van der Waals surface area contributed by atoms with Crippen molar-refractivity contribution in [2.75, 3.05) is 31.1 Å². The quantitative estimate of drug-likeness (QED) is 0.629. The number of benzene rings is 2. The normalized spacial score (nSPS) is 14.3. The topological polar surface area (TPSA) is 78.1 Å². The molecule has 1 fully saturated rings. The summed E-state index contributed by atoms with van der Waals surface area (Å²) in [6, 6.07) is 17.9. The van der Waals surface area contributed by atoms with E-state index < -0.39 is 0 Å². The van der Waals surface area contributed by atoms with E-state index in [1.165, 1.54) is 5.56 Å². The summed E-state index contributed by atoms with van der Waals surface area (Å²) in [6.45, 7) is 9.04. The Hall–Kier alpha value is -3.66. The van der Waals surface area contributed by atoms with Crippen molar-refractivity contribution in [3.63, 3.8) is 0 Å². The Labute approximate surface area is 188 Å². The average molecular weight is 429 g/mol. The van der Waals surface area contributed by atoms with Crippen molar-refractivity contribution in [1.82, 2.24) is 19.7 Å². The molecule has 0 N–H and O–H groups in total. The molecule has 4 rings (SSSR count). The second kappa shape index (κ2) is 9.23. The molecule has 1 aromatic heterocycles. The van der Waals surface area contributed by atoms with Gasteiger partial charge in [0.2, 0.25) is 5.82 Å². The molecule has 7 heteroatoms. The maximum Gasteiger partial charge on any atom is 0.293 e. The van der Waals surface area contributed by atoms with Crippen molar-refractivity contribution >= 4 is 11.6 Å². The third-order valence-electron chi connectivity index (χ3n) is 5.89. The van der Waals surface area contributed by atoms with Crippen LogP contribution in [0.5, 0.6) is 0 Å². The fourth-order valence-electron chi connectivity index (χ4n) is 4.14. The first kappa shape index (κ1) is 21.6. The molecule has 3 aromatic rings. The van der Waals surface area contributed by atoms with Crippen LogP contribution >= 0.6 is 0 Å². The number of aromatic nitrogens is 3. The Morgan fingerprint density at radius 2 is 1.78 bits per heavy atom. The molecule has 0 bridgehead atoms. The van der Waals surface area contributed by atoms with E-state index in [1.54, 1.807) is 4.68 Å². The molecule has 2 aromatic carbocycles. The van der Waals surface area contributed by atoms with Crippen LogP contribution in [0.4, 0.5) is 5.69 Å². The van der Waals surface area contributed by atoms with Crippen LogP contribution in [0.1, 0.15) is 53.8 Å². The molecule has 0 atom stereocenters. The number of hydrogen-bond acceptors (Lipinski definition) is 5. The van der Waals surface area contributed by atoms with Gasteiger partial charge in [0.25, 0.3) is 5.91 Å². The summed E-state index contributed by atoms with van der Waals surface area (Å²) in [7, 11) is 0. The molecule has 7 nitrogen and oxygen atoms in total. The van der Waals surface area contributed by atoms with Gasteiger partial charge >= 0.3 is 0 Å². The maximum absolute atomic E-state index is 13.2. The maximum atomic E-state index is 13.2. The van der Waals surface area contributed by atoms with Gasteiger partial charge < -0.3 is 9.80 Å². The molecule has 0 saturated carbocycles. The summed E-state index contributed by atoms with van der Waals surface area (Å²) in [5.74, 6) is 1.16. The molecule has 1 amide bonds. The number of para-hydroxylation sites is 1. The molecule has 0 aliphatic carbocycles. The summed E-state index contributed by atoms with van der Waals surface area (Å²) < 4.78 is 1.78. The lowest BCUT2D eigenvalue weighted by Gasteiger charge is -2.23. The van der Waals surface area contributed by atoms with Gasteiger partial charge in [-0.15, -0.1) is 5.10 Å². The number of nitrogens with zero attached hydrogens (tertiary/aromatic N) is 6. The van der Waals surface area contributed by atoms with Crippen LogP contribution in [-0.2, 0) is 0 Å². The molecule has 0 unspecified atom stereocenters. The van der Waals surface area contributed by atoms with Gasteiger partial charge in [0.15, 0.2) is 0 Å². The van der Waals surface area contributed by atoms with Gasteiger partial charge in [0.05, 0.1) is 17.3 Å². The largest absolute Gasteiger partial charge is 0.370 e. The number of amides is 1. The van der Waals surface area contributed by atoms with Crippen LogP contribution in [-0.4, -0.2) is 51.8 Å². The van der Waals surface area contributed by atoms with Crippen LogP contribution in [0.15, 0.2) is 48.5 Å². The van der Waals surface area contributed by atoms with E-state index in [0.29, 0.717) is 30.4 Å². The third kappa shape index (κ3) is 4.35. The van der Waals surface area contributed by atoms with Gasteiger partial charge in [-0.2, -0.15) is 5.26 Å². The molecular formula is C25H28N6O. The van der Waals surface area contributed by atoms with Crippen LogP contribution in [0.2, 0.25) is 0 Å². The molecular weight excluding hydrogens is 400 g/mol. The number of nitriles is 1. The number of anilines is 1. The Balaban J connectivity index is 1.50. The van der Waals surface area contributed by atoms with Crippen LogP contribution in [0, 0.1) is 18.3 Å². The summed E-state index contributed by atoms with van der Waals surface area (Å²) >= 11 is 0. The van der Waals surface area contributed by atoms with E-state index >= 15 is 0 Å². The molecule has 1 saturated heterocycles. The first-order valence-electron chi connectivity index (χ1n) is 11.0. The highest BCUT2D eigenvalue weighted by molar-refractivity contribution is 5.90. The first-order chi connectivity index (χ1) is 15.5. The molecule has 0 spiro atoms. The number of rotatable bonds is 4. The molecule has 0 radical (unpaired) electrons. The Morgan fingerprint density at radius 1 is 1.03 bits per heavy atom. The number of aryl methyl sites for hydroxylation is 1. The summed E-state index contributed by atoms with van der Waals surface area (Å²) in [4.78, 5) is 21.8. The second-order valence-corrected chi connectivity index (χ2v) is 8.40. The fraction of sp³-hybridized carbons (Fsp3) is 0.360. The van der Waals surface area contributed by atoms with Crippen molar-refractivity contribution in [2.24, 2.45) is 0 Å². The minimum absolute atomic E-state index is 0.129. The minimum atomic E-state index is -0.129. The van der Waals surface area contributed by atoms with Crippen molar-refractivity contribution in [1.29, 1.82) is 5.26 Å². The molecule has 1 aliphatic rings. The monoisotopic (exact) mass is 428 g/mol. The Bertz CT molecular complexity index is 1140. The lowest BCUT2D eigenvalue weighted by molar-refractivity contribution is 0.0755. The van der Waals surface area contributed by atoms with Crippen molar-refractivity contribution in [3.05, 3.63) is 71.3 Å². The van der Waals surface area contributed by atoms with Gasteiger partial charge in [0.1, 0.15) is 5.82 Å². The van der Waals surface area contributed by atoms with Gasteiger partial charge in [-0.3, -0.25) is 4.79 Å². The zero-order chi connectivity index (χ0) is 22.7. The van der Waals surface area contributed by atoms with E-state index in [-0.39, 0.29) is 11.7 Å². The molecule has 2 heterocycles. The van der Waals surface area contributed by atoms with Crippen LogP contribution in [0.25, 0.3) is 5.69 Å². The minimum Gasteiger partial charge on any atom is -0.370 e. The van der Waals surface area contributed by atoms with E-state index in [2.05, 4.69) is 41.0 Å². The number of carbonyl (C=O) groups excluding carboxylic acids is 1. The summed E-state index contributed by atoms with van der Waals surface area (Å²) in [5.41, 5.74) is 3.86.